The van der Waals surface area contributed by atoms with Crippen molar-refractivity contribution in [1.29, 1.82) is 0 Å². The van der Waals surface area contributed by atoms with Crippen LogP contribution in [0, 0.1) is 12.3 Å². The van der Waals surface area contributed by atoms with Crippen LogP contribution in [-0.4, -0.2) is 62.5 Å². The fourth-order valence-corrected chi connectivity index (χ4v) is 0. The molecule has 1 radical (unpaired) electrons. The Kier molecular flexibility index (Phi) is 9.28. The Labute approximate surface area is 78.3 Å². The zero-order valence-electron chi connectivity index (χ0n) is 3.43. The number of hydrogen-bond donors (Lipinski definition) is 1. The van der Waals surface area contributed by atoms with E-state index in [-0.39, 0.29) is 51.4 Å². The molecule has 0 fully saturated rings. The van der Waals surface area contributed by atoms with Gasteiger partial charge in [0.2, 0.25) is 0 Å². The van der Waals surface area contributed by atoms with E-state index in [1.807, 2.05) is 0 Å². The van der Waals surface area contributed by atoms with Gasteiger partial charge in [-0.25, -0.2) is 4.79 Å². The van der Waals surface area contributed by atoms with Crippen molar-refractivity contribution in [2.75, 3.05) is 0 Å². The molecule has 0 heterocycles. The van der Waals surface area contributed by atoms with Gasteiger partial charge in [0.25, 0.3) is 0 Å². The molecule has 0 bridgehead atoms. The summed E-state index contributed by atoms with van der Waals surface area (Å²) in [5.74, 6) is 0.227. The summed E-state index contributed by atoms with van der Waals surface area (Å²) in [6.45, 7) is 0. The normalized spacial score (nSPS) is 4.50. The molecule has 0 atom stereocenters. The maximum atomic E-state index is 9.13. The SMILES string of the molecule is C#CC(=O)O.[K]. The third-order valence-electron chi connectivity index (χ3n) is 0.123. The second-order valence-electron chi connectivity index (χ2n) is 0.449. The number of aliphatic carboxylic acids is 1. The molecule has 0 aliphatic carbocycles. The van der Waals surface area contributed by atoms with Crippen LogP contribution in [0.3, 0.4) is 0 Å². The van der Waals surface area contributed by atoms with E-state index in [9.17, 15) is 0 Å². The van der Waals surface area contributed by atoms with Crippen molar-refractivity contribution in [3.05, 3.63) is 0 Å². The van der Waals surface area contributed by atoms with Gasteiger partial charge in [0.15, 0.2) is 0 Å². The second kappa shape index (κ2) is 5.67. The Morgan fingerprint density at radius 2 is 2.00 bits per heavy atom. The van der Waals surface area contributed by atoms with Gasteiger partial charge in [-0.3, -0.25) is 0 Å². The first-order valence-electron chi connectivity index (χ1n) is 0.966. The Bertz CT molecular complexity index is 81.3. The van der Waals surface area contributed by atoms with E-state index in [0.717, 1.165) is 0 Å². The fraction of sp³-hybridized carbons (Fsp3) is 0. The molecule has 3 heteroatoms. The smallest absolute Gasteiger partial charge is 0.381 e. The van der Waals surface area contributed by atoms with E-state index >= 15 is 0 Å². The van der Waals surface area contributed by atoms with E-state index in [1.54, 1.807) is 0 Å². The summed E-state index contributed by atoms with van der Waals surface area (Å²) in [6, 6.07) is 0. The molecule has 0 aliphatic heterocycles. The quantitative estimate of drug-likeness (QED) is 0.330. The number of carbonyl (C=O) groups is 1. The first-order chi connectivity index (χ1) is 2.27. The van der Waals surface area contributed by atoms with Crippen molar-refractivity contribution in [1.82, 2.24) is 0 Å². The molecule has 27 valence electrons. The van der Waals surface area contributed by atoms with Crippen LogP contribution in [0.4, 0.5) is 0 Å². The first-order valence-corrected chi connectivity index (χ1v) is 0.966. The molecule has 0 spiro atoms. The van der Waals surface area contributed by atoms with E-state index in [4.69, 9.17) is 9.90 Å². The Morgan fingerprint density at radius 1 is 1.83 bits per heavy atom. The number of hydrogen-bond acceptors (Lipinski definition) is 1. The average molecular weight is 109 g/mol. The van der Waals surface area contributed by atoms with E-state index in [0.29, 0.717) is 0 Å². The molecular formula is C3H2KO2. The maximum absolute atomic E-state index is 9.13. The van der Waals surface area contributed by atoms with Crippen molar-refractivity contribution in [3.8, 4) is 12.3 Å². The van der Waals surface area contributed by atoms with Gasteiger partial charge in [-0.05, 0) is 0 Å². The van der Waals surface area contributed by atoms with Crippen molar-refractivity contribution >= 4 is 57.4 Å². The predicted octanol–water partition coefficient (Wildman–Crippen LogP) is -0.677. The molecular weight excluding hydrogens is 107 g/mol. The van der Waals surface area contributed by atoms with Crippen molar-refractivity contribution in [3.63, 3.8) is 0 Å². The molecule has 2 nitrogen and oxygen atoms in total. The molecule has 0 saturated heterocycles. The van der Waals surface area contributed by atoms with Gasteiger partial charge in [0.1, 0.15) is 0 Å². The first kappa shape index (κ1) is 9.83. The van der Waals surface area contributed by atoms with Crippen molar-refractivity contribution in [2.24, 2.45) is 0 Å². The Morgan fingerprint density at radius 3 is 2.00 bits per heavy atom. The molecule has 0 aromatic carbocycles. The summed E-state index contributed by atoms with van der Waals surface area (Å²) in [5, 5.41) is 7.49. The van der Waals surface area contributed by atoms with E-state index in [2.05, 4.69) is 6.42 Å². The molecule has 0 aromatic heterocycles. The molecule has 0 aliphatic rings. The summed E-state index contributed by atoms with van der Waals surface area (Å²) in [6.07, 6.45) is 4.32. The van der Waals surface area contributed by atoms with Gasteiger partial charge >= 0.3 is 5.97 Å². The maximum Gasteiger partial charge on any atom is 0.381 e. The van der Waals surface area contributed by atoms with Gasteiger partial charge in [-0.1, -0.05) is 0 Å². The van der Waals surface area contributed by atoms with Gasteiger partial charge in [-0.15, -0.1) is 6.42 Å². The molecule has 6 heavy (non-hydrogen) atoms. The molecule has 0 unspecified atom stereocenters. The fourth-order valence-electron chi connectivity index (χ4n) is 0. The summed E-state index contributed by atoms with van der Waals surface area (Å²) in [5.41, 5.74) is 0. The zero-order valence-corrected chi connectivity index (χ0v) is 6.56. The van der Waals surface area contributed by atoms with Crippen LogP contribution in [0.5, 0.6) is 0 Å². The third kappa shape index (κ3) is 8.82. The predicted molar refractivity (Wildman–Crippen MR) is 22.2 cm³/mol. The number of rotatable bonds is 0. The van der Waals surface area contributed by atoms with Crippen molar-refractivity contribution < 1.29 is 9.90 Å². The van der Waals surface area contributed by atoms with Crippen LogP contribution < -0.4 is 0 Å². The molecule has 1 N–H and O–H groups in total. The topological polar surface area (TPSA) is 37.3 Å². The Balaban J connectivity index is 0. The molecule has 0 rings (SSSR count). The third-order valence-corrected chi connectivity index (χ3v) is 0.123. The Hall–Kier alpha value is 0.666. The van der Waals surface area contributed by atoms with Crippen LogP contribution >= 0.6 is 0 Å². The van der Waals surface area contributed by atoms with E-state index in [1.165, 1.54) is 5.92 Å². The van der Waals surface area contributed by atoms with Gasteiger partial charge in [0.05, 0.1) is 0 Å². The largest absolute Gasteiger partial charge is 0.472 e. The summed E-state index contributed by atoms with van der Waals surface area (Å²) < 4.78 is 0. The van der Waals surface area contributed by atoms with Crippen molar-refractivity contribution in [2.45, 2.75) is 0 Å². The van der Waals surface area contributed by atoms with Crippen LogP contribution in [-0.2, 0) is 4.79 Å². The second-order valence-corrected chi connectivity index (χ2v) is 0.449. The average Bonchev–Trinajstić information content (AvgIpc) is 1.38. The minimum Gasteiger partial charge on any atom is -0.472 e. The zero-order chi connectivity index (χ0) is 4.28. The summed E-state index contributed by atoms with van der Waals surface area (Å²) >= 11 is 0. The van der Waals surface area contributed by atoms with E-state index < -0.39 is 5.97 Å². The minimum atomic E-state index is -1.22. The van der Waals surface area contributed by atoms with Gasteiger partial charge in [-0.2, -0.15) is 0 Å². The molecule has 0 saturated carbocycles. The van der Waals surface area contributed by atoms with Crippen LogP contribution in [0.2, 0.25) is 0 Å². The summed E-state index contributed by atoms with van der Waals surface area (Å²) in [7, 11) is 0. The number of terminal acetylenes is 1. The van der Waals surface area contributed by atoms with Crippen LogP contribution in [0.15, 0.2) is 0 Å². The molecule has 0 amide bonds. The standard InChI is InChI=1S/C3H2O2.K/c1-2-3(4)5;/h1H,(H,4,5);. The van der Waals surface area contributed by atoms with Crippen LogP contribution in [0.25, 0.3) is 0 Å². The van der Waals surface area contributed by atoms with Gasteiger partial charge in [0, 0.05) is 57.3 Å². The summed E-state index contributed by atoms with van der Waals surface area (Å²) in [4.78, 5) is 9.13. The number of carboxylic acid groups (broad SMARTS) is 1. The van der Waals surface area contributed by atoms with Gasteiger partial charge < -0.3 is 5.11 Å². The van der Waals surface area contributed by atoms with Crippen LogP contribution in [0.1, 0.15) is 0 Å². The molecule has 0 aromatic rings. The monoisotopic (exact) mass is 109 g/mol. The number of carboxylic acids is 1. The minimum absolute atomic E-state index is 0.